The number of benzene rings is 2. The van der Waals surface area contributed by atoms with E-state index in [1.165, 1.54) is 18.2 Å². The fourth-order valence-electron chi connectivity index (χ4n) is 1.61. The fourth-order valence-corrected chi connectivity index (χ4v) is 1.81. The first-order valence-corrected chi connectivity index (χ1v) is 5.88. The third-order valence-corrected chi connectivity index (χ3v) is 2.88. The van der Waals surface area contributed by atoms with Gasteiger partial charge in [-0.2, -0.15) is 0 Å². The molecule has 2 aromatic carbocycles. The Balaban J connectivity index is 2.09. The molecule has 0 heterocycles. The molecule has 1 nitrogen and oxygen atoms in total. The Morgan fingerprint density at radius 1 is 1.06 bits per heavy atom. The monoisotopic (exact) mass is 267 g/mol. The Labute approximate surface area is 109 Å². The van der Waals surface area contributed by atoms with Crippen molar-refractivity contribution in [2.24, 2.45) is 0 Å². The van der Waals surface area contributed by atoms with Gasteiger partial charge in [0.25, 0.3) is 0 Å². The van der Waals surface area contributed by atoms with Gasteiger partial charge in [0.15, 0.2) is 0 Å². The van der Waals surface area contributed by atoms with Crippen LogP contribution in [-0.2, 0) is 6.54 Å². The first-order valence-electron chi connectivity index (χ1n) is 5.50. The van der Waals surface area contributed by atoms with Crippen molar-refractivity contribution in [1.82, 2.24) is 0 Å². The minimum absolute atomic E-state index is 0.0682. The van der Waals surface area contributed by atoms with Gasteiger partial charge in [-0.05, 0) is 42.3 Å². The van der Waals surface area contributed by atoms with Gasteiger partial charge >= 0.3 is 0 Å². The standard InChI is InChI=1S/C14H12ClF2N/c1-9-2-5-14(13(17)6-9)18-8-10-3-4-12(16)11(15)7-10/h2-7,18H,8H2,1H3. The van der Waals surface area contributed by atoms with E-state index in [1.807, 2.05) is 13.0 Å². The lowest BCUT2D eigenvalue weighted by Gasteiger charge is -2.08. The second kappa shape index (κ2) is 5.36. The Morgan fingerprint density at radius 2 is 1.83 bits per heavy atom. The van der Waals surface area contributed by atoms with E-state index in [1.54, 1.807) is 12.1 Å². The van der Waals surface area contributed by atoms with Gasteiger partial charge in [0.1, 0.15) is 11.6 Å². The van der Waals surface area contributed by atoms with Crippen molar-refractivity contribution in [2.75, 3.05) is 5.32 Å². The summed E-state index contributed by atoms with van der Waals surface area (Å²) in [5.41, 5.74) is 2.07. The molecule has 0 atom stereocenters. The summed E-state index contributed by atoms with van der Waals surface area (Å²) in [6.45, 7) is 2.21. The number of halogens is 3. The third kappa shape index (κ3) is 2.99. The predicted octanol–water partition coefficient (Wildman–Crippen LogP) is 4.54. The molecule has 2 aromatic rings. The molecule has 1 N–H and O–H groups in total. The van der Waals surface area contributed by atoms with Crippen molar-refractivity contribution in [3.8, 4) is 0 Å². The number of hydrogen-bond acceptors (Lipinski definition) is 1. The van der Waals surface area contributed by atoms with E-state index in [4.69, 9.17) is 11.6 Å². The molecule has 0 aliphatic carbocycles. The van der Waals surface area contributed by atoms with E-state index in [-0.39, 0.29) is 10.8 Å². The van der Waals surface area contributed by atoms with Gasteiger partial charge in [-0.3, -0.25) is 0 Å². The van der Waals surface area contributed by atoms with Crippen LogP contribution in [0.2, 0.25) is 5.02 Å². The predicted molar refractivity (Wildman–Crippen MR) is 69.9 cm³/mol. The van der Waals surface area contributed by atoms with Gasteiger partial charge < -0.3 is 5.32 Å². The van der Waals surface area contributed by atoms with Gasteiger partial charge in [-0.15, -0.1) is 0 Å². The molecule has 18 heavy (non-hydrogen) atoms. The number of hydrogen-bond donors (Lipinski definition) is 1. The Bertz CT molecular complexity index is 570. The SMILES string of the molecule is Cc1ccc(NCc2ccc(F)c(Cl)c2)c(F)c1. The van der Waals surface area contributed by atoms with Crippen LogP contribution >= 0.6 is 11.6 Å². The topological polar surface area (TPSA) is 12.0 Å². The highest BCUT2D eigenvalue weighted by Gasteiger charge is 2.03. The van der Waals surface area contributed by atoms with E-state index in [9.17, 15) is 8.78 Å². The molecule has 0 radical (unpaired) electrons. The summed E-state index contributed by atoms with van der Waals surface area (Å²) in [6, 6.07) is 9.39. The minimum Gasteiger partial charge on any atom is -0.379 e. The van der Waals surface area contributed by atoms with Crippen molar-refractivity contribution >= 4 is 17.3 Å². The van der Waals surface area contributed by atoms with Gasteiger partial charge in [0, 0.05) is 6.54 Å². The average Bonchev–Trinajstić information content (AvgIpc) is 2.32. The molecule has 0 aliphatic heterocycles. The summed E-state index contributed by atoms with van der Waals surface area (Å²) in [7, 11) is 0. The molecule has 0 spiro atoms. The molecule has 0 saturated heterocycles. The molecule has 94 valence electrons. The van der Waals surface area contributed by atoms with Crippen LogP contribution in [0.4, 0.5) is 14.5 Å². The number of rotatable bonds is 3. The molecule has 0 unspecified atom stereocenters. The van der Waals surface area contributed by atoms with Crippen LogP contribution in [0, 0.1) is 18.6 Å². The highest BCUT2D eigenvalue weighted by Crippen LogP contribution is 2.19. The van der Waals surface area contributed by atoms with Crippen LogP contribution in [0.5, 0.6) is 0 Å². The minimum atomic E-state index is -0.457. The molecule has 4 heteroatoms. The van der Waals surface area contributed by atoms with Crippen molar-refractivity contribution in [1.29, 1.82) is 0 Å². The van der Waals surface area contributed by atoms with Gasteiger partial charge in [-0.25, -0.2) is 8.78 Å². The summed E-state index contributed by atoms with van der Waals surface area (Å²) < 4.78 is 26.5. The van der Waals surface area contributed by atoms with E-state index < -0.39 is 5.82 Å². The van der Waals surface area contributed by atoms with E-state index >= 15 is 0 Å². The molecule has 2 rings (SSSR count). The maximum atomic E-state index is 13.5. The van der Waals surface area contributed by atoms with Gasteiger partial charge in [-0.1, -0.05) is 23.7 Å². The maximum Gasteiger partial charge on any atom is 0.146 e. The zero-order chi connectivity index (χ0) is 13.1. The Hall–Kier alpha value is -1.61. The highest BCUT2D eigenvalue weighted by molar-refractivity contribution is 6.30. The van der Waals surface area contributed by atoms with Gasteiger partial charge in [0.2, 0.25) is 0 Å². The zero-order valence-electron chi connectivity index (χ0n) is 9.81. The average molecular weight is 268 g/mol. The highest BCUT2D eigenvalue weighted by atomic mass is 35.5. The van der Waals surface area contributed by atoms with Crippen LogP contribution in [0.3, 0.4) is 0 Å². The number of aryl methyl sites for hydroxylation is 1. The van der Waals surface area contributed by atoms with Crippen LogP contribution in [0.1, 0.15) is 11.1 Å². The first-order chi connectivity index (χ1) is 8.56. The normalized spacial score (nSPS) is 10.4. The van der Waals surface area contributed by atoms with Crippen molar-refractivity contribution < 1.29 is 8.78 Å². The van der Waals surface area contributed by atoms with Crippen molar-refractivity contribution in [3.63, 3.8) is 0 Å². The molecule has 0 saturated carbocycles. The van der Waals surface area contributed by atoms with Crippen LogP contribution in [0.25, 0.3) is 0 Å². The lowest BCUT2D eigenvalue weighted by Crippen LogP contribution is -2.01. The smallest absolute Gasteiger partial charge is 0.146 e. The maximum absolute atomic E-state index is 13.5. The lowest BCUT2D eigenvalue weighted by molar-refractivity contribution is 0.626. The third-order valence-electron chi connectivity index (χ3n) is 2.59. The molecule has 0 bridgehead atoms. The van der Waals surface area contributed by atoms with E-state index in [0.29, 0.717) is 12.2 Å². The zero-order valence-corrected chi connectivity index (χ0v) is 10.6. The molecular formula is C14H12ClF2N. The number of nitrogens with one attached hydrogen (secondary N) is 1. The van der Waals surface area contributed by atoms with E-state index in [2.05, 4.69) is 5.32 Å². The molecule has 0 aromatic heterocycles. The Kier molecular flexibility index (Phi) is 3.82. The molecule has 0 amide bonds. The van der Waals surface area contributed by atoms with Crippen LogP contribution in [-0.4, -0.2) is 0 Å². The largest absolute Gasteiger partial charge is 0.379 e. The second-order valence-corrected chi connectivity index (χ2v) is 4.49. The summed E-state index contributed by atoms with van der Waals surface area (Å²) in [5, 5.41) is 3.02. The van der Waals surface area contributed by atoms with Crippen molar-refractivity contribution in [2.45, 2.75) is 13.5 Å². The molecule has 0 aliphatic rings. The summed E-state index contributed by atoms with van der Waals surface area (Å²) in [4.78, 5) is 0. The summed E-state index contributed by atoms with van der Waals surface area (Å²) in [6.07, 6.45) is 0. The lowest BCUT2D eigenvalue weighted by atomic mass is 10.2. The molecule has 0 fully saturated rings. The van der Waals surface area contributed by atoms with Crippen LogP contribution in [0.15, 0.2) is 36.4 Å². The van der Waals surface area contributed by atoms with Crippen LogP contribution < -0.4 is 5.32 Å². The van der Waals surface area contributed by atoms with Crippen molar-refractivity contribution in [3.05, 3.63) is 64.2 Å². The van der Waals surface area contributed by atoms with Gasteiger partial charge in [0.05, 0.1) is 10.7 Å². The molecular weight excluding hydrogens is 256 g/mol. The Morgan fingerprint density at radius 3 is 2.50 bits per heavy atom. The number of anilines is 1. The van der Waals surface area contributed by atoms with E-state index in [0.717, 1.165) is 11.1 Å². The summed E-state index contributed by atoms with van der Waals surface area (Å²) in [5.74, 6) is -0.759. The fraction of sp³-hybridized carbons (Fsp3) is 0.143. The second-order valence-electron chi connectivity index (χ2n) is 4.09. The summed E-state index contributed by atoms with van der Waals surface area (Å²) >= 11 is 5.67. The first kappa shape index (κ1) is 12.8. The quantitative estimate of drug-likeness (QED) is 0.861.